The first-order chi connectivity index (χ1) is 15.3. The fourth-order valence-electron chi connectivity index (χ4n) is 4.45. The second-order valence-electron chi connectivity index (χ2n) is 10.2. The molecule has 4 heterocycles. The average molecular weight is 499 g/mol. The van der Waals surface area contributed by atoms with Crippen LogP contribution >= 0.6 is 23.2 Å². The van der Waals surface area contributed by atoms with E-state index in [0.29, 0.717) is 19.4 Å². The van der Waals surface area contributed by atoms with Crippen LogP contribution in [0, 0.1) is 0 Å². The van der Waals surface area contributed by atoms with Crippen LogP contribution in [0.15, 0.2) is 0 Å². The summed E-state index contributed by atoms with van der Waals surface area (Å²) in [5, 5.41) is -0.0129. The molecule has 4 rings (SSSR count). The van der Waals surface area contributed by atoms with E-state index in [2.05, 4.69) is 4.98 Å². The zero-order valence-electron chi connectivity index (χ0n) is 19.4. The Morgan fingerprint density at radius 1 is 1.21 bits per heavy atom. The number of ether oxygens (including phenoxy) is 2. The predicted octanol–water partition coefficient (Wildman–Crippen LogP) is 3.75. The van der Waals surface area contributed by atoms with Crippen LogP contribution in [-0.2, 0) is 9.53 Å². The molecule has 180 valence electrons. The molecule has 11 heteroatoms. The molecule has 1 aromatic rings. The number of carbonyl (C=O) groups excluding carboxylic acids is 3. The van der Waals surface area contributed by atoms with E-state index in [9.17, 15) is 14.4 Å². The highest BCUT2D eigenvalue weighted by molar-refractivity contribution is 6.43. The number of hydrogen-bond acceptors (Lipinski definition) is 6. The Balaban J connectivity index is 1.70. The number of fused-ring (bicyclic) bond motifs is 2. The Kier molecular flexibility index (Phi) is 5.93. The molecule has 1 aromatic heterocycles. The number of piperazine rings is 1. The van der Waals surface area contributed by atoms with Crippen LogP contribution in [0.2, 0.25) is 10.2 Å². The molecular weight excluding hydrogens is 471 g/mol. The monoisotopic (exact) mass is 498 g/mol. The van der Waals surface area contributed by atoms with Crippen molar-refractivity contribution < 1.29 is 23.9 Å². The van der Waals surface area contributed by atoms with Gasteiger partial charge in [-0.1, -0.05) is 23.2 Å². The van der Waals surface area contributed by atoms with Crippen molar-refractivity contribution in [3.8, 4) is 5.75 Å². The summed E-state index contributed by atoms with van der Waals surface area (Å²) in [5.41, 5.74) is -1.04. The van der Waals surface area contributed by atoms with E-state index in [1.165, 1.54) is 4.90 Å². The van der Waals surface area contributed by atoms with Gasteiger partial charge in [-0.3, -0.25) is 14.5 Å². The minimum atomic E-state index is -0.625. The van der Waals surface area contributed by atoms with Gasteiger partial charge in [-0.2, -0.15) is 0 Å². The van der Waals surface area contributed by atoms with Crippen molar-refractivity contribution in [3.63, 3.8) is 0 Å². The molecule has 0 N–H and O–H groups in total. The second-order valence-corrected chi connectivity index (χ2v) is 10.9. The highest BCUT2D eigenvalue weighted by atomic mass is 35.5. The van der Waals surface area contributed by atoms with Gasteiger partial charge in [0.15, 0.2) is 16.7 Å². The largest absolute Gasteiger partial charge is 0.489 e. The highest BCUT2D eigenvalue weighted by Gasteiger charge is 2.46. The molecule has 0 spiro atoms. The molecule has 2 fully saturated rings. The number of nitrogens with zero attached hydrogens (tertiary/aromatic N) is 4. The van der Waals surface area contributed by atoms with Crippen molar-refractivity contribution in [2.75, 3.05) is 31.1 Å². The van der Waals surface area contributed by atoms with Gasteiger partial charge in [0.05, 0.1) is 6.04 Å². The van der Waals surface area contributed by atoms with Gasteiger partial charge in [0.1, 0.15) is 22.8 Å². The lowest BCUT2D eigenvalue weighted by Gasteiger charge is -2.40. The first kappa shape index (κ1) is 23.9. The highest BCUT2D eigenvalue weighted by Crippen LogP contribution is 2.45. The number of aromatic nitrogens is 1. The van der Waals surface area contributed by atoms with Crippen molar-refractivity contribution in [2.24, 2.45) is 0 Å². The summed E-state index contributed by atoms with van der Waals surface area (Å²) in [6.07, 6.45) is 0.522. The van der Waals surface area contributed by atoms with Gasteiger partial charge in [0.25, 0.3) is 5.91 Å². The van der Waals surface area contributed by atoms with Crippen molar-refractivity contribution in [3.05, 3.63) is 15.7 Å². The third-order valence-electron chi connectivity index (χ3n) is 6.08. The number of hydrogen-bond donors (Lipinski definition) is 0. The third-order valence-corrected chi connectivity index (χ3v) is 6.80. The molecule has 0 radical (unpaired) electrons. The lowest BCUT2D eigenvalue weighted by molar-refractivity contribution is -0.117. The zero-order chi connectivity index (χ0) is 24.3. The summed E-state index contributed by atoms with van der Waals surface area (Å²) >= 11 is 12.7. The smallest absolute Gasteiger partial charge is 0.410 e. The normalized spacial score (nSPS) is 22.5. The van der Waals surface area contributed by atoms with E-state index in [0.717, 1.165) is 0 Å². The van der Waals surface area contributed by atoms with Gasteiger partial charge in [-0.05, 0) is 41.0 Å². The Labute approximate surface area is 202 Å². The first-order valence-electron chi connectivity index (χ1n) is 10.9. The van der Waals surface area contributed by atoms with Gasteiger partial charge in [-0.25, -0.2) is 9.78 Å². The van der Waals surface area contributed by atoms with Crippen LogP contribution < -0.4 is 9.64 Å². The molecule has 0 aromatic carbocycles. The van der Waals surface area contributed by atoms with E-state index < -0.39 is 23.3 Å². The molecule has 9 nitrogen and oxygen atoms in total. The van der Waals surface area contributed by atoms with Crippen LogP contribution in [0.1, 0.15) is 57.8 Å². The minimum Gasteiger partial charge on any atom is -0.489 e. The van der Waals surface area contributed by atoms with Gasteiger partial charge < -0.3 is 19.3 Å². The van der Waals surface area contributed by atoms with E-state index >= 15 is 0 Å². The maximum atomic E-state index is 13.8. The van der Waals surface area contributed by atoms with Crippen LogP contribution in [-0.4, -0.2) is 76.1 Å². The fourth-order valence-corrected chi connectivity index (χ4v) is 4.81. The summed E-state index contributed by atoms with van der Waals surface area (Å²) in [7, 11) is 0. The topological polar surface area (TPSA) is 92.3 Å². The minimum absolute atomic E-state index is 0.0251. The lowest BCUT2D eigenvalue weighted by Crippen LogP contribution is -2.58. The Bertz CT molecular complexity index is 1020. The van der Waals surface area contributed by atoms with E-state index in [-0.39, 0.29) is 58.8 Å². The molecule has 0 unspecified atom stereocenters. The van der Waals surface area contributed by atoms with E-state index in [4.69, 9.17) is 32.7 Å². The Morgan fingerprint density at radius 3 is 2.52 bits per heavy atom. The molecule has 33 heavy (non-hydrogen) atoms. The molecule has 0 saturated carbocycles. The lowest BCUT2D eigenvalue weighted by atomic mass is 10.0. The molecule has 3 aliphatic heterocycles. The van der Waals surface area contributed by atoms with Gasteiger partial charge in [-0.15, -0.1) is 0 Å². The maximum absolute atomic E-state index is 13.8. The van der Waals surface area contributed by atoms with Crippen molar-refractivity contribution in [1.29, 1.82) is 0 Å². The molecule has 3 amide bonds. The third kappa shape index (κ3) is 4.33. The van der Waals surface area contributed by atoms with Gasteiger partial charge in [0.2, 0.25) is 5.91 Å². The molecule has 0 bridgehead atoms. The van der Waals surface area contributed by atoms with Crippen LogP contribution in [0.4, 0.5) is 10.6 Å². The predicted molar refractivity (Wildman–Crippen MR) is 123 cm³/mol. The number of anilines is 1. The van der Waals surface area contributed by atoms with Gasteiger partial charge >= 0.3 is 6.09 Å². The van der Waals surface area contributed by atoms with Crippen molar-refractivity contribution in [1.82, 2.24) is 14.8 Å². The maximum Gasteiger partial charge on any atom is 0.410 e. The second kappa shape index (κ2) is 8.20. The summed E-state index contributed by atoms with van der Waals surface area (Å²) < 4.78 is 11.5. The zero-order valence-corrected chi connectivity index (χ0v) is 20.9. The van der Waals surface area contributed by atoms with E-state index in [1.807, 2.05) is 13.8 Å². The summed E-state index contributed by atoms with van der Waals surface area (Å²) in [4.78, 5) is 48.2. The molecule has 3 aliphatic rings. The summed E-state index contributed by atoms with van der Waals surface area (Å²) in [5.74, 6) is -0.221. The molecule has 1 atom stereocenters. The average Bonchev–Trinajstić information content (AvgIpc) is 2.89. The van der Waals surface area contributed by atoms with E-state index in [1.54, 1.807) is 30.6 Å². The Hall–Kier alpha value is -2.26. The standard InChI is InChI=1S/C22H28Cl2N4O5/c1-21(2,3)33-20(31)26-8-9-27-12(10-26)11-32-16-14(19(27)30)18(25-17(24)15(16)23)28-13(29)6-7-22(28,4)5/h12H,6-11H2,1-5H3/t12-/m1/s1. The number of halogens is 2. The Morgan fingerprint density at radius 2 is 1.91 bits per heavy atom. The van der Waals surface area contributed by atoms with Crippen LogP contribution in [0.25, 0.3) is 0 Å². The number of pyridine rings is 1. The molecule has 0 aliphatic carbocycles. The summed E-state index contributed by atoms with van der Waals surface area (Å²) in [6.45, 7) is 10.2. The summed E-state index contributed by atoms with van der Waals surface area (Å²) in [6, 6.07) is -0.420. The first-order valence-corrected chi connectivity index (χ1v) is 11.7. The number of carbonyl (C=O) groups is 3. The van der Waals surface area contributed by atoms with Gasteiger partial charge in [0, 0.05) is 31.6 Å². The molecule has 2 saturated heterocycles. The van der Waals surface area contributed by atoms with Crippen molar-refractivity contribution in [2.45, 2.75) is 64.6 Å². The van der Waals surface area contributed by atoms with Crippen LogP contribution in [0.3, 0.4) is 0 Å². The number of amides is 3. The molecular formula is C22H28Cl2N4O5. The quantitative estimate of drug-likeness (QED) is 0.547. The van der Waals surface area contributed by atoms with Crippen LogP contribution in [0.5, 0.6) is 5.75 Å². The SMILES string of the molecule is CC(C)(C)OC(=O)N1CCN2C(=O)c3c(N4C(=O)CCC4(C)C)nc(Cl)c(Cl)c3OC[C@H]2C1. The fraction of sp³-hybridized carbons (Fsp3) is 0.636. The number of rotatable bonds is 1. The van der Waals surface area contributed by atoms with Crippen molar-refractivity contribution >= 4 is 46.9 Å².